The number of hydrogen-bond acceptors (Lipinski definition) is 5. The van der Waals surface area contributed by atoms with E-state index in [1.165, 1.54) is 6.07 Å². The van der Waals surface area contributed by atoms with E-state index in [0.717, 1.165) is 6.20 Å². The number of nitrogens with zero attached hydrogens (tertiary/aromatic N) is 3. The van der Waals surface area contributed by atoms with Gasteiger partial charge < -0.3 is 10.4 Å². The second-order valence-electron chi connectivity index (χ2n) is 4.04. The van der Waals surface area contributed by atoms with E-state index in [0.29, 0.717) is 11.3 Å². The minimum absolute atomic E-state index is 0.269. The second-order valence-corrected chi connectivity index (χ2v) is 4.04. The molecule has 2 N–H and O–H groups in total. The van der Waals surface area contributed by atoms with Crippen LogP contribution in [-0.2, 0) is 12.8 Å². The van der Waals surface area contributed by atoms with Crippen LogP contribution < -0.4 is 5.32 Å². The number of hydrogen-bond donors (Lipinski definition) is 2. The summed E-state index contributed by atoms with van der Waals surface area (Å²) in [4.78, 5) is 7.08. The number of halogens is 3. The maximum absolute atomic E-state index is 12.8. The summed E-state index contributed by atoms with van der Waals surface area (Å²) >= 11 is 0. The van der Waals surface area contributed by atoms with Gasteiger partial charge in [0.1, 0.15) is 0 Å². The fourth-order valence-corrected chi connectivity index (χ4v) is 1.62. The lowest BCUT2D eigenvalue weighted by atomic mass is 10.2. The Morgan fingerprint density at radius 2 is 2.10 bits per heavy atom. The number of anilines is 2. The van der Waals surface area contributed by atoms with E-state index in [1.807, 2.05) is 6.07 Å². The molecule has 0 amide bonds. The lowest BCUT2D eigenvalue weighted by Gasteiger charge is -2.12. The van der Waals surface area contributed by atoms with Crippen molar-refractivity contribution in [2.24, 2.45) is 0 Å². The third kappa shape index (κ3) is 3.46. The second kappa shape index (κ2) is 5.76. The van der Waals surface area contributed by atoms with Crippen molar-refractivity contribution < 1.29 is 18.3 Å². The van der Waals surface area contributed by atoms with Crippen LogP contribution in [0.2, 0.25) is 0 Å². The summed E-state index contributed by atoms with van der Waals surface area (Å²) in [7, 11) is 0. The molecule has 0 fully saturated rings. The fraction of sp³-hybridized carbons (Fsp3) is 0.154. The number of benzene rings is 1. The van der Waals surface area contributed by atoms with Crippen LogP contribution >= 0.6 is 0 Å². The molecule has 2 rings (SSSR count). The Labute approximate surface area is 117 Å². The third-order valence-corrected chi connectivity index (χ3v) is 2.55. The molecule has 2 aromatic rings. The highest BCUT2D eigenvalue weighted by molar-refractivity contribution is 5.56. The first-order chi connectivity index (χ1) is 9.94. The van der Waals surface area contributed by atoms with Crippen LogP contribution in [-0.4, -0.2) is 15.1 Å². The van der Waals surface area contributed by atoms with E-state index in [1.54, 1.807) is 18.2 Å². The van der Waals surface area contributed by atoms with Crippen molar-refractivity contribution in [3.63, 3.8) is 0 Å². The topological polar surface area (TPSA) is 81.8 Å². The Balaban J connectivity index is 2.35. The zero-order valence-corrected chi connectivity index (χ0v) is 10.5. The van der Waals surface area contributed by atoms with Gasteiger partial charge in [0, 0.05) is 17.4 Å². The molecular weight excluding hydrogens is 285 g/mol. The molecular formula is C13H9F3N4O. The van der Waals surface area contributed by atoms with Gasteiger partial charge in [-0.25, -0.2) is 9.97 Å². The molecule has 0 unspecified atom stereocenters. The van der Waals surface area contributed by atoms with Crippen molar-refractivity contribution in [1.82, 2.24) is 9.97 Å². The lowest BCUT2D eigenvalue weighted by Crippen LogP contribution is -2.14. The van der Waals surface area contributed by atoms with Gasteiger partial charge in [-0.15, -0.1) is 0 Å². The maximum Gasteiger partial charge on any atom is 0.433 e. The standard InChI is InChI=1S/C13H9F3N4O/c14-13(15,16)11-9(7-21)6-18-12(20-11)19-10-3-1-2-8(4-10)5-17/h1-4,6,21H,7H2,(H,18,19,20). The highest BCUT2D eigenvalue weighted by atomic mass is 19.4. The van der Waals surface area contributed by atoms with Crippen LogP contribution in [0.25, 0.3) is 0 Å². The van der Waals surface area contributed by atoms with Crippen LogP contribution in [0.15, 0.2) is 30.5 Å². The molecule has 0 aliphatic carbocycles. The predicted molar refractivity (Wildman–Crippen MR) is 67.4 cm³/mol. The van der Waals surface area contributed by atoms with E-state index in [9.17, 15) is 13.2 Å². The minimum Gasteiger partial charge on any atom is -0.392 e. The summed E-state index contributed by atoms with van der Waals surface area (Å²) in [6, 6.07) is 8.07. The molecule has 1 heterocycles. The Bertz CT molecular complexity index is 695. The molecule has 0 saturated carbocycles. The molecule has 0 atom stereocenters. The van der Waals surface area contributed by atoms with Gasteiger partial charge in [-0.2, -0.15) is 18.4 Å². The Morgan fingerprint density at radius 1 is 1.33 bits per heavy atom. The van der Waals surface area contributed by atoms with Crippen LogP contribution in [0, 0.1) is 11.3 Å². The average Bonchev–Trinajstić information content (AvgIpc) is 2.46. The van der Waals surface area contributed by atoms with Crippen molar-refractivity contribution in [2.75, 3.05) is 5.32 Å². The van der Waals surface area contributed by atoms with Crippen molar-refractivity contribution in [3.05, 3.63) is 47.3 Å². The number of nitrogens with one attached hydrogen (secondary N) is 1. The quantitative estimate of drug-likeness (QED) is 0.909. The molecule has 0 aliphatic rings. The summed E-state index contributed by atoms with van der Waals surface area (Å²) in [5.74, 6) is -0.269. The van der Waals surface area contributed by atoms with Crippen molar-refractivity contribution >= 4 is 11.6 Å². The van der Waals surface area contributed by atoms with E-state index >= 15 is 0 Å². The van der Waals surface area contributed by atoms with Gasteiger partial charge in [-0.3, -0.25) is 0 Å². The first kappa shape index (κ1) is 14.7. The molecule has 0 bridgehead atoms. The van der Waals surface area contributed by atoms with Gasteiger partial charge in [0.15, 0.2) is 5.69 Å². The highest BCUT2D eigenvalue weighted by Crippen LogP contribution is 2.31. The normalized spacial score (nSPS) is 11.0. The zero-order valence-electron chi connectivity index (χ0n) is 10.5. The molecule has 0 radical (unpaired) electrons. The van der Waals surface area contributed by atoms with Crippen LogP contribution in [0.4, 0.5) is 24.8 Å². The molecule has 1 aromatic heterocycles. The summed E-state index contributed by atoms with van der Waals surface area (Å²) in [6.45, 7) is -0.807. The molecule has 0 spiro atoms. The molecule has 0 aliphatic heterocycles. The smallest absolute Gasteiger partial charge is 0.392 e. The molecule has 21 heavy (non-hydrogen) atoms. The van der Waals surface area contributed by atoms with Gasteiger partial charge in [-0.1, -0.05) is 6.07 Å². The molecule has 1 aromatic carbocycles. The van der Waals surface area contributed by atoms with Gasteiger partial charge in [0.05, 0.1) is 18.2 Å². The number of aliphatic hydroxyl groups excluding tert-OH is 1. The number of aromatic nitrogens is 2. The van der Waals surface area contributed by atoms with Crippen molar-refractivity contribution in [1.29, 1.82) is 5.26 Å². The van der Waals surface area contributed by atoms with Crippen molar-refractivity contribution in [2.45, 2.75) is 12.8 Å². The summed E-state index contributed by atoms with van der Waals surface area (Å²) < 4.78 is 38.4. The summed E-state index contributed by atoms with van der Waals surface area (Å²) in [5, 5.41) is 20.2. The summed E-state index contributed by atoms with van der Waals surface area (Å²) in [6.07, 6.45) is -3.78. The largest absolute Gasteiger partial charge is 0.433 e. The Morgan fingerprint density at radius 3 is 2.71 bits per heavy atom. The average molecular weight is 294 g/mol. The van der Waals surface area contributed by atoms with Crippen LogP contribution in [0.1, 0.15) is 16.8 Å². The Hall–Kier alpha value is -2.66. The van der Waals surface area contributed by atoms with Crippen LogP contribution in [0.3, 0.4) is 0 Å². The van der Waals surface area contributed by atoms with Crippen LogP contribution in [0.5, 0.6) is 0 Å². The number of aliphatic hydroxyl groups is 1. The SMILES string of the molecule is N#Cc1cccc(Nc2ncc(CO)c(C(F)(F)F)n2)c1. The maximum atomic E-state index is 12.8. The number of nitriles is 1. The molecule has 108 valence electrons. The van der Waals surface area contributed by atoms with Gasteiger partial charge in [0.2, 0.25) is 5.95 Å². The third-order valence-electron chi connectivity index (χ3n) is 2.55. The van der Waals surface area contributed by atoms with Gasteiger partial charge >= 0.3 is 6.18 Å². The fourth-order valence-electron chi connectivity index (χ4n) is 1.62. The van der Waals surface area contributed by atoms with Gasteiger partial charge in [-0.05, 0) is 18.2 Å². The number of rotatable bonds is 3. The summed E-state index contributed by atoms with van der Waals surface area (Å²) in [5.41, 5.74) is -0.861. The molecule has 8 heteroatoms. The van der Waals surface area contributed by atoms with Gasteiger partial charge in [0.25, 0.3) is 0 Å². The first-order valence-electron chi connectivity index (χ1n) is 5.75. The highest BCUT2D eigenvalue weighted by Gasteiger charge is 2.35. The lowest BCUT2D eigenvalue weighted by molar-refractivity contribution is -0.142. The van der Waals surface area contributed by atoms with E-state index < -0.39 is 24.0 Å². The van der Waals surface area contributed by atoms with E-state index in [-0.39, 0.29) is 5.95 Å². The monoisotopic (exact) mass is 294 g/mol. The first-order valence-corrected chi connectivity index (χ1v) is 5.75. The van der Waals surface area contributed by atoms with E-state index in [2.05, 4.69) is 15.3 Å². The predicted octanol–water partition coefficient (Wildman–Crippen LogP) is 2.60. The zero-order chi connectivity index (χ0) is 15.5. The Kier molecular flexibility index (Phi) is 4.05. The van der Waals surface area contributed by atoms with E-state index in [4.69, 9.17) is 10.4 Å². The van der Waals surface area contributed by atoms with Crippen molar-refractivity contribution in [3.8, 4) is 6.07 Å². The minimum atomic E-state index is -4.69. The molecule has 0 saturated heterocycles. The number of alkyl halides is 3. The molecule has 5 nitrogen and oxygen atoms in total.